The van der Waals surface area contributed by atoms with Crippen molar-refractivity contribution < 1.29 is 27.4 Å². The average Bonchev–Trinajstić information content (AvgIpc) is 3.41. The van der Waals surface area contributed by atoms with E-state index in [4.69, 9.17) is 9.47 Å². The molecule has 0 aliphatic heterocycles. The maximum atomic E-state index is 14.4. The lowest BCUT2D eigenvalue weighted by molar-refractivity contribution is -0.262. The molecule has 3 atom stereocenters. The molecule has 1 aliphatic rings. The Morgan fingerprint density at radius 1 is 1.13 bits per heavy atom. The van der Waals surface area contributed by atoms with E-state index in [2.05, 4.69) is 62.2 Å². The molecule has 1 saturated carbocycles. The van der Waals surface area contributed by atoms with E-state index in [0.29, 0.717) is 11.7 Å². The van der Waals surface area contributed by atoms with Crippen LogP contribution in [0.4, 0.5) is 13.2 Å². The molecule has 39 heavy (non-hydrogen) atoms. The van der Waals surface area contributed by atoms with Crippen LogP contribution in [0.2, 0.25) is 0 Å². The minimum absolute atomic E-state index is 0.0615. The Morgan fingerprint density at radius 2 is 1.82 bits per heavy atom. The molecule has 0 spiro atoms. The van der Waals surface area contributed by atoms with E-state index < -0.39 is 29.8 Å². The zero-order valence-corrected chi connectivity index (χ0v) is 23.2. The number of benzene rings is 2. The molecule has 7 heteroatoms. The molecule has 1 aromatic heterocycles. The summed E-state index contributed by atoms with van der Waals surface area (Å²) in [6, 6.07) is 16.1. The molecule has 4 nitrogen and oxygen atoms in total. The van der Waals surface area contributed by atoms with Gasteiger partial charge in [0.15, 0.2) is 0 Å². The van der Waals surface area contributed by atoms with Crippen molar-refractivity contribution >= 4 is 16.9 Å². The van der Waals surface area contributed by atoms with E-state index in [0.717, 1.165) is 61.0 Å². The van der Waals surface area contributed by atoms with Crippen LogP contribution in [0.1, 0.15) is 58.9 Å². The SMILES string of the molecule is C=CC(=O)OC1CCC(Oc2ccc3cc(-c4ccc(CC)cc4)n(CCCC(C)C)c3c2)C1(C)C(F)(F)F. The molecule has 3 unspecified atom stereocenters. The zero-order valence-electron chi connectivity index (χ0n) is 23.2. The van der Waals surface area contributed by atoms with Crippen molar-refractivity contribution in [1.29, 1.82) is 0 Å². The number of aromatic nitrogens is 1. The van der Waals surface area contributed by atoms with Gasteiger partial charge in [0.2, 0.25) is 0 Å². The lowest BCUT2D eigenvalue weighted by Gasteiger charge is -2.37. The van der Waals surface area contributed by atoms with Gasteiger partial charge in [-0.15, -0.1) is 0 Å². The van der Waals surface area contributed by atoms with Crippen LogP contribution >= 0.6 is 0 Å². The van der Waals surface area contributed by atoms with Crippen LogP contribution in [0.25, 0.3) is 22.2 Å². The number of esters is 1. The number of nitrogens with zero attached hydrogens (tertiary/aromatic N) is 1. The number of fused-ring (bicyclic) bond motifs is 1. The highest BCUT2D eigenvalue weighted by molar-refractivity contribution is 5.88. The molecule has 0 bridgehead atoms. The molecular formula is C32H38F3NO3. The minimum Gasteiger partial charge on any atom is -0.489 e. The quantitative estimate of drug-likeness (QED) is 0.191. The summed E-state index contributed by atoms with van der Waals surface area (Å²) in [5.74, 6) is 0.0783. The van der Waals surface area contributed by atoms with Gasteiger partial charge in [0.25, 0.3) is 0 Å². The number of rotatable bonds is 10. The summed E-state index contributed by atoms with van der Waals surface area (Å²) in [4.78, 5) is 11.8. The topological polar surface area (TPSA) is 40.5 Å². The number of halogens is 3. The average molecular weight is 542 g/mol. The Hall–Kier alpha value is -3.22. The van der Waals surface area contributed by atoms with Gasteiger partial charge in [0.1, 0.15) is 23.4 Å². The molecule has 1 heterocycles. The minimum atomic E-state index is -4.63. The largest absolute Gasteiger partial charge is 0.489 e. The second-order valence-corrected chi connectivity index (χ2v) is 11.1. The van der Waals surface area contributed by atoms with Gasteiger partial charge >= 0.3 is 12.1 Å². The van der Waals surface area contributed by atoms with E-state index in [1.54, 1.807) is 6.07 Å². The second kappa shape index (κ2) is 11.5. The summed E-state index contributed by atoms with van der Waals surface area (Å²) >= 11 is 0. The fraction of sp³-hybridized carbons (Fsp3) is 0.469. The van der Waals surface area contributed by atoms with Crippen LogP contribution in [-0.4, -0.2) is 28.9 Å². The summed E-state index contributed by atoms with van der Waals surface area (Å²) in [6.45, 7) is 11.7. The van der Waals surface area contributed by atoms with Gasteiger partial charge < -0.3 is 14.0 Å². The Bertz CT molecular complexity index is 1310. The molecule has 4 rings (SSSR count). The number of aryl methyl sites for hydroxylation is 2. The maximum absolute atomic E-state index is 14.4. The highest BCUT2D eigenvalue weighted by Gasteiger charge is 2.66. The van der Waals surface area contributed by atoms with Crippen LogP contribution in [0.15, 0.2) is 61.2 Å². The van der Waals surface area contributed by atoms with Crippen LogP contribution in [0.5, 0.6) is 5.75 Å². The number of alkyl halides is 3. The van der Waals surface area contributed by atoms with Gasteiger partial charge in [-0.05, 0) is 74.3 Å². The van der Waals surface area contributed by atoms with Crippen LogP contribution in [0, 0.1) is 11.3 Å². The van der Waals surface area contributed by atoms with E-state index >= 15 is 0 Å². The Kier molecular flexibility index (Phi) is 8.48. The van der Waals surface area contributed by atoms with Crippen LogP contribution in [0.3, 0.4) is 0 Å². The van der Waals surface area contributed by atoms with E-state index in [1.165, 1.54) is 5.56 Å². The molecule has 0 amide bonds. The van der Waals surface area contributed by atoms with Gasteiger partial charge in [-0.2, -0.15) is 13.2 Å². The Morgan fingerprint density at radius 3 is 2.44 bits per heavy atom. The third-order valence-electron chi connectivity index (χ3n) is 8.04. The summed E-state index contributed by atoms with van der Waals surface area (Å²) in [7, 11) is 0. The number of hydrogen-bond acceptors (Lipinski definition) is 3. The molecule has 0 saturated heterocycles. The predicted molar refractivity (Wildman–Crippen MR) is 149 cm³/mol. The lowest BCUT2D eigenvalue weighted by atomic mass is 9.83. The number of ether oxygens (including phenoxy) is 2. The van der Waals surface area contributed by atoms with Crippen LogP contribution in [-0.2, 0) is 22.5 Å². The summed E-state index contributed by atoms with van der Waals surface area (Å²) in [5.41, 5.74) is 2.02. The monoisotopic (exact) mass is 541 g/mol. The molecule has 1 aliphatic carbocycles. The molecule has 1 fully saturated rings. The zero-order chi connectivity index (χ0) is 28.4. The fourth-order valence-corrected chi connectivity index (χ4v) is 5.55. The van der Waals surface area contributed by atoms with Crippen molar-refractivity contribution in [1.82, 2.24) is 4.57 Å². The molecule has 3 aromatic rings. The summed E-state index contributed by atoms with van der Waals surface area (Å²) in [6.07, 6.45) is -3.07. The van der Waals surface area contributed by atoms with Crippen molar-refractivity contribution in [3.63, 3.8) is 0 Å². The highest BCUT2D eigenvalue weighted by atomic mass is 19.4. The van der Waals surface area contributed by atoms with Gasteiger partial charge in [0, 0.05) is 29.8 Å². The van der Waals surface area contributed by atoms with Gasteiger partial charge in [-0.3, -0.25) is 0 Å². The molecule has 210 valence electrons. The maximum Gasteiger partial charge on any atom is 0.401 e. The molecule has 2 aromatic carbocycles. The smallest absolute Gasteiger partial charge is 0.401 e. The van der Waals surface area contributed by atoms with E-state index in [9.17, 15) is 18.0 Å². The van der Waals surface area contributed by atoms with E-state index in [1.807, 2.05) is 12.1 Å². The standard InChI is InChI=1S/C32H38F3NO3/c1-6-22-10-12-23(13-11-22)26-19-24-14-15-25(20-27(24)36(26)18-8-9-21(3)4)38-28-16-17-29(39-30(37)7-2)31(28,5)32(33,34)35/h7,10-15,19-21,28-29H,2,6,8-9,16-18H2,1,3-5H3. The number of carbonyl (C=O) groups is 1. The van der Waals surface area contributed by atoms with Gasteiger partial charge in [-0.25, -0.2) is 4.79 Å². The fourth-order valence-electron chi connectivity index (χ4n) is 5.55. The Balaban J connectivity index is 1.70. The second-order valence-electron chi connectivity index (χ2n) is 11.1. The van der Waals surface area contributed by atoms with Gasteiger partial charge in [-0.1, -0.05) is 51.6 Å². The lowest BCUT2D eigenvalue weighted by Crippen LogP contribution is -2.51. The number of hydrogen-bond donors (Lipinski definition) is 0. The van der Waals surface area contributed by atoms with Crippen molar-refractivity contribution in [3.8, 4) is 17.0 Å². The van der Waals surface area contributed by atoms with Crippen molar-refractivity contribution in [2.24, 2.45) is 11.3 Å². The number of carbonyl (C=O) groups excluding carboxylic acids is 1. The summed E-state index contributed by atoms with van der Waals surface area (Å²) in [5, 5.41) is 1.00. The van der Waals surface area contributed by atoms with E-state index in [-0.39, 0.29) is 12.8 Å². The Labute approximate surface area is 228 Å². The third-order valence-corrected chi connectivity index (χ3v) is 8.04. The normalized spacial score (nSPS) is 21.4. The highest BCUT2D eigenvalue weighted by Crippen LogP contribution is 2.53. The van der Waals surface area contributed by atoms with Crippen LogP contribution < -0.4 is 4.74 Å². The molecule has 0 N–H and O–H groups in total. The van der Waals surface area contributed by atoms with Gasteiger partial charge in [0.05, 0.1) is 5.52 Å². The van der Waals surface area contributed by atoms with Crippen molar-refractivity contribution in [2.45, 2.75) is 84.7 Å². The first-order chi connectivity index (χ1) is 18.5. The molecular weight excluding hydrogens is 503 g/mol. The van der Waals surface area contributed by atoms with Crippen molar-refractivity contribution in [3.05, 3.63) is 66.7 Å². The van der Waals surface area contributed by atoms with Crippen molar-refractivity contribution in [2.75, 3.05) is 0 Å². The summed E-state index contributed by atoms with van der Waals surface area (Å²) < 4.78 is 56.5. The first-order valence-corrected chi connectivity index (χ1v) is 13.8. The third kappa shape index (κ3) is 5.87. The first-order valence-electron chi connectivity index (χ1n) is 13.8. The first kappa shape index (κ1) is 28.8. The predicted octanol–water partition coefficient (Wildman–Crippen LogP) is 8.51. The molecule has 0 radical (unpaired) electrons.